The van der Waals surface area contributed by atoms with E-state index in [9.17, 15) is 14.4 Å². The first-order chi connectivity index (χ1) is 22.5. The molecular formula is C38H38N2O6. The van der Waals surface area contributed by atoms with Gasteiger partial charge >= 0.3 is 12.1 Å². The molecule has 3 saturated heterocycles. The van der Waals surface area contributed by atoms with Crippen molar-refractivity contribution in [2.24, 2.45) is 5.92 Å². The highest BCUT2D eigenvalue weighted by Crippen LogP contribution is 2.31. The van der Waals surface area contributed by atoms with Crippen LogP contribution in [0.2, 0.25) is 0 Å². The van der Waals surface area contributed by atoms with Crippen molar-refractivity contribution in [1.29, 1.82) is 0 Å². The number of esters is 1. The fourth-order valence-electron chi connectivity index (χ4n) is 6.18. The number of hydrogen-bond acceptors (Lipinski definition) is 7. The van der Waals surface area contributed by atoms with E-state index in [1.165, 1.54) is 0 Å². The van der Waals surface area contributed by atoms with Crippen LogP contribution in [0.4, 0.5) is 4.79 Å². The summed E-state index contributed by atoms with van der Waals surface area (Å²) in [6.07, 6.45) is 2.86. The number of piperidine rings is 3. The average Bonchev–Trinajstić information content (AvgIpc) is 3.10. The largest absolute Gasteiger partial charge is 0.489 e. The third-order valence-corrected chi connectivity index (χ3v) is 8.72. The number of nitrogens with one attached hydrogen (secondary N) is 1. The number of fused-ring (bicyclic) bond motifs is 3. The second-order valence-electron chi connectivity index (χ2n) is 11.9. The van der Waals surface area contributed by atoms with E-state index in [2.05, 4.69) is 10.2 Å². The summed E-state index contributed by atoms with van der Waals surface area (Å²) in [7, 11) is 0. The van der Waals surface area contributed by atoms with Gasteiger partial charge in [-0.1, -0.05) is 78.9 Å². The molecule has 1 unspecified atom stereocenters. The number of carbonyl (C=O) groups is 3. The zero-order valence-corrected chi connectivity index (χ0v) is 25.7. The molecule has 3 aliphatic rings. The Morgan fingerprint density at radius 1 is 0.804 bits per heavy atom. The summed E-state index contributed by atoms with van der Waals surface area (Å²) in [4.78, 5) is 39.0. The number of ether oxygens (including phenoxy) is 3. The zero-order chi connectivity index (χ0) is 31.7. The van der Waals surface area contributed by atoms with Crippen molar-refractivity contribution >= 4 is 18.3 Å². The highest BCUT2D eigenvalue weighted by atomic mass is 16.6. The van der Waals surface area contributed by atoms with Gasteiger partial charge in [0.2, 0.25) is 0 Å². The van der Waals surface area contributed by atoms with E-state index in [0.29, 0.717) is 23.7 Å². The van der Waals surface area contributed by atoms with E-state index < -0.39 is 18.1 Å². The molecule has 1 N–H and O–H groups in total. The fourth-order valence-corrected chi connectivity index (χ4v) is 6.18. The molecule has 236 valence electrons. The molecule has 0 radical (unpaired) electrons. The number of aldehydes is 1. The number of rotatable bonds is 12. The highest BCUT2D eigenvalue weighted by molar-refractivity contribution is 5.89. The maximum absolute atomic E-state index is 13.2. The minimum atomic E-state index is -0.428. The molecule has 8 heteroatoms. The number of alkyl carbamates (subject to hydrolysis) is 1. The number of carbonyl (C=O) groups excluding carboxylic acids is 3. The summed E-state index contributed by atoms with van der Waals surface area (Å²) in [5, 5.41) is 3.11. The summed E-state index contributed by atoms with van der Waals surface area (Å²) in [6, 6.07) is 31.6. The van der Waals surface area contributed by atoms with Crippen LogP contribution < -0.4 is 10.1 Å². The minimum Gasteiger partial charge on any atom is -0.489 e. The van der Waals surface area contributed by atoms with Gasteiger partial charge in [0.05, 0.1) is 11.6 Å². The van der Waals surface area contributed by atoms with Crippen LogP contribution >= 0.6 is 0 Å². The maximum Gasteiger partial charge on any atom is 0.408 e. The summed E-state index contributed by atoms with van der Waals surface area (Å²) in [6.45, 7) is 3.35. The Balaban J connectivity index is 1.08. The van der Waals surface area contributed by atoms with Gasteiger partial charge in [-0.05, 0) is 83.9 Å². The molecule has 3 heterocycles. The van der Waals surface area contributed by atoms with Gasteiger partial charge in [0.15, 0.2) is 0 Å². The van der Waals surface area contributed by atoms with Crippen LogP contribution in [0.15, 0.2) is 103 Å². The molecule has 0 saturated carbocycles. The lowest BCUT2D eigenvalue weighted by molar-refractivity contribution is -0.107. The van der Waals surface area contributed by atoms with Crippen molar-refractivity contribution in [3.63, 3.8) is 0 Å². The predicted octanol–water partition coefficient (Wildman–Crippen LogP) is 6.27. The lowest BCUT2D eigenvalue weighted by Gasteiger charge is -2.43. The molecule has 3 aliphatic heterocycles. The topological polar surface area (TPSA) is 94.2 Å². The van der Waals surface area contributed by atoms with Crippen molar-refractivity contribution in [1.82, 2.24) is 10.2 Å². The fraction of sp³-hybridized carbons (Fsp3) is 0.289. The van der Waals surface area contributed by atoms with Crippen molar-refractivity contribution in [2.45, 2.75) is 44.6 Å². The van der Waals surface area contributed by atoms with Crippen LogP contribution in [0.5, 0.6) is 5.75 Å². The van der Waals surface area contributed by atoms with Crippen LogP contribution in [0.1, 0.15) is 57.1 Å². The number of amides is 1. The number of hydrogen-bond donors (Lipinski definition) is 1. The van der Waals surface area contributed by atoms with Crippen LogP contribution in [-0.2, 0) is 33.9 Å². The van der Waals surface area contributed by atoms with Gasteiger partial charge < -0.3 is 24.3 Å². The second kappa shape index (κ2) is 14.9. The Hall–Kier alpha value is -4.95. The van der Waals surface area contributed by atoms with Gasteiger partial charge in [-0.15, -0.1) is 0 Å². The zero-order valence-electron chi connectivity index (χ0n) is 25.7. The second-order valence-corrected chi connectivity index (χ2v) is 11.9. The van der Waals surface area contributed by atoms with Crippen LogP contribution in [0.25, 0.3) is 0 Å². The molecule has 4 aromatic rings. The third-order valence-electron chi connectivity index (χ3n) is 8.72. The molecular weight excluding hydrogens is 580 g/mol. The van der Waals surface area contributed by atoms with Crippen molar-refractivity contribution in [2.75, 3.05) is 19.6 Å². The van der Waals surface area contributed by atoms with Gasteiger partial charge in [-0.25, -0.2) is 9.59 Å². The first kappa shape index (κ1) is 31.0. The lowest BCUT2D eigenvalue weighted by Crippen LogP contribution is -2.52. The van der Waals surface area contributed by atoms with Crippen LogP contribution in [-0.4, -0.2) is 49.0 Å². The minimum absolute atomic E-state index is 0.0811. The smallest absolute Gasteiger partial charge is 0.408 e. The van der Waals surface area contributed by atoms with Crippen molar-refractivity contribution in [3.05, 3.63) is 137 Å². The van der Waals surface area contributed by atoms with E-state index in [1.807, 2.05) is 84.9 Å². The Morgan fingerprint density at radius 3 is 2.28 bits per heavy atom. The molecule has 1 amide bonds. The van der Waals surface area contributed by atoms with Gasteiger partial charge in [0, 0.05) is 13.0 Å². The Labute approximate surface area is 269 Å². The number of nitrogens with zero attached hydrogens (tertiary/aromatic N) is 1. The average molecular weight is 619 g/mol. The van der Waals surface area contributed by atoms with Crippen molar-refractivity contribution in [3.8, 4) is 5.75 Å². The van der Waals surface area contributed by atoms with Gasteiger partial charge in [0.1, 0.15) is 31.4 Å². The SMILES string of the molecule is O=CCc1ccc(COC(=O)c2cccc(COc3cccc(C(NC(=O)O[C@H]4CN5CCC4CC5)c4ccccc4)c3)c2)cc1. The van der Waals surface area contributed by atoms with Crippen LogP contribution in [0, 0.1) is 5.92 Å². The first-order valence-corrected chi connectivity index (χ1v) is 15.8. The van der Waals surface area contributed by atoms with E-state index in [1.54, 1.807) is 18.2 Å². The monoisotopic (exact) mass is 618 g/mol. The Kier molecular flexibility index (Phi) is 10.0. The standard InChI is InChI=1S/C38H38N2O6/c41-21-18-27-12-14-28(15-13-27)25-45-37(42)33-10-4-6-29(22-33)26-44-34-11-5-9-32(23-34)36(31-7-2-1-3-8-31)39-38(43)46-35-24-40-19-16-30(35)17-20-40/h1-15,21-23,30,35-36H,16-20,24-26H2,(H,39,43)/t35-,36?/m0/s1. The molecule has 7 rings (SSSR count). The summed E-state index contributed by atoms with van der Waals surface area (Å²) in [5.74, 6) is 0.634. The normalized spacial score (nSPS) is 19.1. The molecule has 0 spiro atoms. The molecule has 8 nitrogen and oxygen atoms in total. The van der Waals surface area contributed by atoms with E-state index in [4.69, 9.17) is 14.2 Å². The molecule has 0 aromatic heterocycles. The van der Waals surface area contributed by atoms with Crippen molar-refractivity contribution < 1.29 is 28.6 Å². The van der Waals surface area contributed by atoms with Gasteiger partial charge in [-0.2, -0.15) is 0 Å². The Morgan fingerprint density at radius 2 is 1.54 bits per heavy atom. The third kappa shape index (κ3) is 8.00. The molecule has 3 fully saturated rings. The first-order valence-electron chi connectivity index (χ1n) is 15.8. The molecule has 46 heavy (non-hydrogen) atoms. The quantitative estimate of drug-likeness (QED) is 0.148. The van der Waals surface area contributed by atoms with Crippen LogP contribution in [0.3, 0.4) is 0 Å². The molecule has 4 aromatic carbocycles. The van der Waals surface area contributed by atoms with E-state index >= 15 is 0 Å². The summed E-state index contributed by atoms with van der Waals surface area (Å²) in [5.41, 5.74) is 4.81. The van der Waals surface area contributed by atoms with E-state index in [0.717, 1.165) is 66.6 Å². The molecule has 2 atom stereocenters. The molecule has 0 aliphatic carbocycles. The summed E-state index contributed by atoms with van der Waals surface area (Å²) >= 11 is 0. The molecule has 2 bridgehead atoms. The highest BCUT2D eigenvalue weighted by Gasteiger charge is 2.36. The Bertz CT molecular complexity index is 1630. The van der Waals surface area contributed by atoms with E-state index in [-0.39, 0.29) is 19.3 Å². The van der Waals surface area contributed by atoms with Gasteiger partial charge in [-0.3, -0.25) is 4.90 Å². The number of benzene rings is 4. The predicted molar refractivity (Wildman–Crippen MR) is 173 cm³/mol. The lowest BCUT2D eigenvalue weighted by atomic mass is 9.86. The summed E-state index contributed by atoms with van der Waals surface area (Å²) < 4.78 is 17.6. The maximum atomic E-state index is 13.2. The van der Waals surface area contributed by atoms with Gasteiger partial charge in [0.25, 0.3) is 0 Å².